The third kappa shape index (κ3) is 4.58. The van der Waals surface area contributed by atoms with Crippen molar-refractivity contribution < 1.29 is 4.74 Å². The zero-order valence-corrected chi connectivity index (χ0v) is 11.4. The maximum atomic E-state index is 5.72. The van der Waals surface area contributed by atoms with Crippen molar-refractivity contribution in [3.05, 3.63) is 22.4 Å². The lowest BCUT2D eigenvalue weighted by atomic mass is 9.82. The average Bonchev–Trinajstić information content (AvgIpc) is 2.62. The van der Waals surface area contributed by atoms with Crippen LogP contribution < -0.4 is 0 Å². The fourth-order valence-electron chi connectivity index (χ4n) is 1.27. The molecule has 0 aliphatic heterocycles. The lowest BCUT2D eigenvalue weighted by molar-refractivity contribution is 0.0574. The van der Waals surface area contributed by atoms with Gasteiger partial charge in [-0.15, -0.1) is 11.3 Å². The van der Waals surface area contributed by atoms with Crippen molar-refractivity contribution in [2.45, 2.75) is 27.4 Å². The first-order valence-electron chi connectivity index (χ1n) is 5.25. The zero-order valence-electron chi connectivity index (χ0n) is 9.69. The normalized spacial score (nSPS) is 14.1. The summed E-state index contributed by atoms with van der Waals surface area (Å²) in [5.74, 6) is 1.40. The Kier molecular flexibility index (Phi) is 5.16. The second-order valence-electron chi connectivity index (χ2n) is 4.84. The van der Waals surface area contributed by atoms with E-state index in [1.54, 1.807) is 11.3 Å². The van der Waals surface area contributed by atoms with E-state index in [0.717, 1.165) is 19.0 Å². The zero-order chi connectivity index (χ0) is 11.3. The van der Waals surface area contributed by atoms with Crippen LogP contribution in [0.3, 0.4) is 0 Å². The molecule has 15 heavy (non-hydrogen) atoms. The van der Waals surface area contributed by atoms with Gasteiger partial charge in [-0.05, 0) is 28.5 Å². The first-order valence-corrected chi connectivity index (χ1v) is 6.76. The van der Waals surface area contributed by atoms with E-state index >= 15 is 0 Å². The molecule has 1 rings (SSSR count). The van der Waals surface area contributed by atoms with Gasteiger partial charge in [0, 0.05) is 4.88 Å². The maximum absolute atomic E-state index is 5.72. The average molecular weight is 244 g/mol. The standard InChI is InChI=1S/C12H20OS2/c1-12(2,3)10(9-14)7-13-8-11-5-4-6-15-11/h4-6,10,14H,7-9H2,1-3H3. The lowest BCUT2D eigenvalue weighted by Crippen LogP contribution is -2.26. The van der Waals surface area contributed by atoms with Gasteiger partial charge in [0.25, 0.3) is 0 Å². The monoisotopic (exact) mass is 244 g/mol. The van der Waals surface area contributed by atoms with Gasteiger partial charge >= 0.3 is 0 Å². The molecule has 0 saturated heterocycles. The molecule has 0 fully saturated rings. The van der Waals surface area contributed by atoms with Crippen molar-refractivity contribution in [3.8, 4) is 0 Å². The quantitative estimate of drug-likeness (QED) is 0.774. The van der Waals surface area contributed by atoms with E-state index in [0.29, 0.717) is 5.92 Å². The lowest BCUT2D eigenvalue weighted by Gasteiger charge is -2.29. The number of ether oxygens (including phenoxy) is 1. The number of thiophene rings is 1. The molecule has 0 saturated carbocycles. The summed E-state index contributed by atoms with van der Waals surface area (Å²) in [6.07, 6.45) is 0. The van der Waals surface area contributed by atoms with E-state index in [-0.39, 0.29) is 5.41 Å². The van der Waals surface area contributed by atoms with Crippen molar-refractivity contribution in [2.24, 2.45) is 11.3 Å². The summed E-state index contributed by atoms with van der Waals surface area (Å²) in [5, 5.41) is 2.08. The van der Waals surface area contributed by atoms with Crippen molar-refractivity contribution >= 4 is 24.0 Å². The van der Waals surface area contributed by atoms with Crippen LogP contribution >= 0.6 is 24.0 Å². The van der Waals surface area contributed by atoms with Gasteiger partial charge in [0.2, 0.25) is 0 Å². The Hall–Kier alpha value is 0.01000. The minimum absolute atomic E-state index is 0.275. The molecule has 0 radical (unpaired) electrons. The summed E-state index contributed by atoms with van der Waals surface area (Å²) in [6.45, 7) is 8.25. The molecule has 0 aliphatic rings. The SMILES string of the molecule is CC(C)(C)C(CS)COCc1cccs1. The van der Waals surface area contributed by atoms with Crippen LogP contribution in [0.4, 0.5) is 0 Å². The highest BCUT2D eigenvalue weighted by atomic mass is 32.1. The molecular formula is C12H20OS2. The summed E-state index contributed by atoms with van der Waals surface area (Å²) in [4.78, 5) is 1.29. The molecule has 0 spiro atoms. The number of hydrogen-bond acceptors (Lipinski definition) is 3. The van der Waals surface area contributed by atoms with Crippen LogP contribution in [0.15, 0.2) is 17.5 Å². The maximum Gasteiger partial charge on any atom is 0.0809 e. The minimum atomic E-state index is 0.275. The second-order valence-corrected chi connectivity index (χ2v) is 6.24. The molecule has 0 aromatic carbocycles. The van der Waals surface area contributed by atoms with Crippen LogP contribution in [-0.4, -0.2) is 12.4 Å². The summed E-state index contributed by atoms with van der Waals surface area (Å²) >= 11 is 6.13. The number of rotatable bonds is 5. The van der Waals surface area contributed by atoms with Crippen LogP contribution in [-0.2, 0) is 11.3 Å². The van der Waals surface area contributed by atoms with Crippen molar-refractivity contribution in [2.75, 3.05) is 12.4 Å². The van der Waals surface area contributed by atoms with E-state index < -0.39 is 0 Å². The Bertz CT molecular complexity index is 262. The second kappa shape index (κ2) is 5.92. The van der Waals surface area contributed by atoms with Gasteiger partial charge in [-0.25, -0.2) is 0 Å². The first kappa shape index (κ1) is 13.1. The van der Waals surface area contributed by atoms with E-state index in [1.165, 1.54) is 4.88 Å². The van der Waals surface area contributed by atoms with Gasteiger partial charge in [0.15, 0.2) is 0 Å². The van der Waals surface area contributed by atoms with E-state index in [2.05, 4.69) is 50.9 Å². The first-order chi connectivity index (χ1) is 7.04. The van der Waals surface area contributed by atoms with Gasteiger partial charge in [-0.3, -0.25) is 0 Å². The molecule has 1 heterocycles. The molecule has 1 unspecified atom stereocenters. The van der Waals surface area contributed by atoms with Crippen LogP contribution in [0, 0.1) is 11.3 Å². The topological polar surface area (TPSA) is 9.23 Å². The molecule has 0 bridgehead atoms. The van der Waals surface area contributed by atoms with Crippen LogP contribution in [0.25, 0.3) is 0 Å². The Morgan fingerprint density at radius 3 is 2.67 bits per heavy atom. The third-order valence-electron chi connectivity index (χ3n) is 2.59. The molecule has 0 aliphatic carbocycles. The minimum Gasteiger partial charge on any atom is -0.376 e. The molecular weight excluding hydrogens is 224 g/mol. The highest BCUT2D eigenvalue weighted by molar-refractivity contribution is 7.80. The molecule has 1 nitrogen and oxygen atoms in total. The van der Waals surface area contributed by atoms with E-state index in [1.807, 2.05) is 0 Å². The van der Waals surface area contributed by atoms with Crippen LogP contribution in [0.1, 0.15) is 25.6 Å². The summed E-state index contributed by atoms with van der Waals surface area (Å²) in [6, 6.07) is 4.17. The van der Waals surface area contributed by atoms with Crippen molar-refractivity contribution in [1.29, 1.82) is 0 Å². The van der Waals surface area contributed by atoms with E-state index in [4.69, 9.17) is 4.74 Å². The fourth-order valence-corrected chi connectivity index (χ4v) is 2.57. The molecule has 0 amide bonds. The number of thiol groups is 1. The largest absolute Gasteiger partial charge is 0.376 e. The Morgan fingerprint density at radius 1 is 1.47 bits per heavy atom. The van der Waals surface area contributed by atoms with Crippen molar-refractivity contribution in [1.82, 2.24) is 0 Å². The van der Waals surface area contributed by atoms with Crippen LogP contribution in [0.2, 0.25) is 0 Å². The molecule has 3 heteroatoms. The van der Waals surface area contributed by atoms with E-state index in [9.17, 15) is 0 Å². The van der Waals surface area contributed by atoms with Crippen molar-refractivity contribution in [3.63, 3.8) is 0 Å². The van der Waals surface area contributed by atoms with Gasteiger partial charge < -0.3 is 4.74 Å². The summed E-state index contributed by atoms with van der Waals surface area (Å²) in [7, 11) is 0. The third-order valence-corrected chi connectivity index (χ3v) is 3.88. The Labute approximate surface area is 102 Å². The summed E-state index contributed by atoms with van der Waals surface area (Å²) < 4.78 is 5.72. The predicted octanol–water partition coefficient (Wildman–Crippen LogP) is 3.86. The highest BCUT2D eigenvalue weighted by Crippen LogP contribution is 2.27. The van der Waals surface area contributed by atoms with Gasteiger partial charge in [0.05, 0.1) is 13.2 Å². The number of hydrogen-bond donors (Lipinski definition) is 1. The van der Waals surface area contributed by atoms with Gasteiger partial charge in [0.1, 0.15) is 0 Å². The molecule has 1 aromatic rings. The van der Waals surface area contributed by atoms with Gasteiger partial charge in [-0.2, -0.15) is 12.6 Å². The smallest absolute Gasteiger partial charge is 0.0809 e. The highest BCUT2D eigenvalue weighted by Gasteiger charge is 2.23. The molecule has 1 aromatic heterocycles. The fraction of sp³-hybridized carbons (Fsp3) is 0.667. The molecule has 0 N–H and O–H groups in total. The summed E-state index contributed by atoms with van der Waals surface area (Å²) in [5.41, 5.74) is 0.275. The van der Waals surface area contributed by atoms with Gasteiger partial charge in [-0.1, -0.05) is 26.8 Å². The van der Waals surface area contributed by atoms with Crippen LogP contribution in [0.5, 0.6) is 0 Å². The Balaban J connectivity index is 2.29. The predicted molar refractivity (Wildman–Crippen MR) is 70.8 cm³/mol. The molecule has 86 valence electrons. The molecule has 1 atom stereocenters. The Morgan fingerprint density at radius 2 is 2.20 bits per heavy atom.